The molecule has 64 heavy (non-hydrogen) atoms. The van der Waals surface area contributed by atoms with Crippen molar-refractivity contribution in [3.8, 4) is 0 Å². The van der Waals surface area contributed by atoms with Gasteiger partial charge in [-0.25, -0.2) is 19.6 Å². The van der Waals surface area contributed by atoms with E-state index in [0.717, 1.165) is 106 Å². The van der Waals surface area contributed by atoms with E-state index in [0.29, 0.717) is 17.9 Å². The number of hydrogen-bond donors (Lipinski definition) is 3. The van der Waals surface area contributed by atoms with Crippen LogP contribution in [-0.2, 0) is 12.0 Å². The van der Waals surface area contributed by atoms with Crippen molar-refractivity contribution >= 4 is 83.2 Å². The second kappa shape index (κ2) is 13.1. The lowest BCUT2D eigenvalue weighted by Crippen LogP contribution is -2.54. The van der Waals surface area contributed by atoms with Crippen molar-refractivity contribution in [3.05, 3.63) is 217 Å². The van der Waals surface area contributed by atoms with Crippen molar-refractivity contribution in [1.29, 1.82) is 0 Å². The molecule has 0 bridgehead atoms. The number of fused-ring (bicyclic) bond motifs is 7. The van der Waals surface area contributed by atoms with Crippen molar-refractivity contribution < 1.29 is 0 Å². The number of nitrogens with one attached hydrogen (secondary N) is 3. The van der Waals surface area contributed by atoms with Crippen LogP contribution >= 0.6 is 0 Å². The summed E-state index contributed by atoms with van der Waals surface area (Å²) in [5.74, 6) is 0.511. The summed E-state index contributed by atoms with van der Waals surface area (Å²) < 4.78 is 4.28. The van der Waals surface area contributed by atoms with Gasteiger partial charge in [0.2, 0.25) is 0 Å². The van der Waals surface area contributed by atoms with E-state index in [2.05, 4.69) is 198 Å². The van der Waals surface area contributed by atoms with E-state index in [1.807, 2.05) is 12.4 Å². The molecule has 1 atom stereocenters. The van der Waals surface area contributed by atoms with Crippen LogP contribution in [-0.4, -0.2) is 54.7 Å². The largest absolute Gasteiger partial charge is 0.361 e. The molecule has 7 aromatic heterocycles. The minimum absolute atomic E-state index is 0.511. The Morgan fingerprint density at radius 3 is 2.47 bits per heavy atom. The quantitative estimate of drug-likeness (QED) is 0.154. The second-order valence-corrected chi connectivity index (χ2v) is 16.5. The summed E-state index contributed by atoms with van der Waals surface area (Å²) in [5, 5.41) is 9.57. The van der Waals surface area contributed by atoms with Gasteiger partial charge in [-0.15, -0.1) is 0 Å². The Labute approximate surface area is 364 Å². The van der Waals surface area contributed by atoms with E-state index in [1.54, 1.807) is 6.33 Å². The smallest absolute Gasteiger partial charge is 0.181 e. The van der Waals surface area contributed by atoms with Crippen LogP contribution in [0.15, 0.2) is 194 Å². The SMILES string of the molecule is C1=CC2=C(c3ncc4[nH]cnc4n3)C(n3ncc4ccccc43)=C(c3cc4ccccc4[nH]3)C(C3=Nc4ccccc4C3)(c3[nH]cc4ccccc34)N2C(c2ccn3ccccc23)=C1. The molecule has 0 saturated carbocycles. The number of aromatic amines is 3. The zero-order valence-corrected chi connectivity index (χ0v) is 34.1. The first-order valence-electron chi connectivity index (χ1n) is 21.4. The number of benzene rings is 4. The maximum atomic E-state index is 5.77. The third-order valence-corrected chi connectivity index (χ3v) is 13.1. The topological polar surface area (TPSA) is 124 Å². The highest BCUT2D eigenvalue weighted by Gasteiger charge is 2.58. The van der Waals surface area contributed by atoms with Crippen LogP contribution in [0.1, 0.15) is 28.3 Å². The van der Waals surface area contributed by atoms with Gasteiger partial charge in [0.15, 0.2) is 17.0 Å². The first kappa shape index (κ1) is 34.8. The number of nitrogens with zero attached hydrogens (tertiary/aromatic N) is 8. The lowest BCUT2D eigenvalue weighted by Gasteiger charge is -2.52. The van der Waals surface area contributed by atoms with E-state index in [4.69, 9.17) is 20.1 Å². The fourth-order valence-corrected chi connectivity index (χ4v) is 10.4. The van der Waals surface area contributed by atoms with Crippen LogP contribution in [0.2, 0.25) is 0 Å². The number of rotatable bonds is 6. The molecule has 0 aliphatic carbocycles. The normalized spacial score (nSPS) is 17.3. The van der Waals surface area contributed by atoms with Crippen LogP contribution < -0.4 is 0 Å². The standard InChI is InChI=1S/C53H35N11/c1-5-16-36-34(14-1)28-54-50(36)53(46-27-33-13-3-7-18-39(33)60-46)48(40-26-32-12-2-6-17-38(32)59-40)49(64-42-19-8-4-15-35(42)29-58-64)47(52-55-30-41-51(61-52)57-31-56-41)45-22-11-21-44(63(45)53)37-23-25-62-24-10-9-20-43(37)62/h1-26,28-31,54,59H,27H2,(H,55,56,57,61). The number of imidazole rings is 1. The van der Waals surface area contributed by atoms with Crippen molar-refractivity contribution in [2.24, 2.45) is 4.99 Å². The summed E-state index contributed by atoms with van der Waals surface area (Å²) >= 11 is 0. The maximum absolute atomic E-state index is 5.77. The third-order valence-electron chi connectivity index (χ3n) is 13.1. The Hall–Kier alpha value is -8.83. The predicted octanol–water partition coefficient (Wildman–Crippen LogP) is 10.8. The zero-order valence-electron chi connectivity index (χ0n) is 34.1. The average Bonchev–Trinajstić information content (AvgIpc) is 4.21. The van der Waals surface area contributed by atoms with Crippen LogP contribution in [0.4, 0.5) is 5.69 Å². The first-order valence-corrected chi connectivity index (χ1v) is 21.4. The lowest BCUT2D eigenvalue weighted by atomic mass is 9.70. The van der Waals surface area contributed by atoms with Gasteiger partial charge in [0, 0.05) is 58.1 Å². The first-order chi connectivity index (χ1) is 31.7. The molecule has 3 aliphatic rings. The Balaban J connectivity index is 1.24. The van der Waals surface area contributed by atoms with Crippen LogP contribution in [0.25, 0.3) is 71.8 Å². The summed E-state index contributed by atoms with van der Waals surface area (Å²) in [6.45, 7) is 0. The summed E-state index contributed by atoms with van der Waals surface area (Å²) in [6, 6.07) is 44.8. The molecule has 0 saturated heterocycles. The van der Waals surface area contributed by atoms with Crippen LogP contribution in [0, 0.1) is 0 Å². The molecule has 4 aromatic carbocycles. The number of hydrogen-bond acceptors (Lipinski definition) is 6. The molecule has 10 heterocycles. The molecule has 3 aliphatic heterocycles. The highest BCUT2D eigenvalue weighted by Crippen LogP contribution is 2.60. The molecule has 0 spiro atoms. The van der Waals surface area contributed by atoms with Gasteiger partial charge < -0.3 is 24.3 Å². The molecule has 0 fully saturated rings. The molecule has 0 radical (unpaired) electrons. The van der Waals surface area contributed by atoms with Gasteiger partial charge in [0.05, 0.1) is 69.5 Å². The van der Waals surface area contributed by atoms with Gasteiger partial charge in [-0.2, -0.15) is 5.10 Å². The van der Waals surface area contributed by atoms with E-state index in [1.165, 1.54) is 0 Å². The Morgan fingerprint density at radius 1 is 0.703 bits per heavy atom. The third kappa shape index (κ3) is 4.77. The van der Waals surface area contributed by atoms with E-state index >= 15 is 0 Å². The van der Waals surface area contributed by atoms with Gasteiger partial charge in [0.25, 0.3) is 0 Å². The molecule has 302 valence electrons. The van der Waals surface area contributed by atoms with Gasteiger partial charge >= 0.3 is 0 Å². The molecule has 11 aromatic rings. The van der Waals surface area contributed by atoms with Gasteiger partial charge in [0.1, 0.15) is 5.52 Å². The van der Waals surface area contributed by atoms with Crippen molar-refractivity contribution in [1.82, 2.24) is 49.0 Å². The van der Waals surface area contributed by atoms with Crippen LogP contribution in [0.3, 0.4) is 0 Å². The summed E-state index contributed by atoms with van der Waals surface area (Å²) in [4.78, 5) is 34.5. The molecule has 1 unspecified atom stereocenters. The summed E-state index contributed by atoms with van der Waals surface area (Å²) in [5.41, 5.74) is 13.6. The fourth-order valence-electron chi connectivity index (χ4n) is 10.4. The molecular formula is C53H35N11. The predicted molar refractivity (Wildman–Crippen MR) is 253 cm³/mol. The Morgan fingerprint density at radius 2 is 1.53 bits per heavy atom. The van der Waals surface area contributed by atoms with Crippen molar-refractivity contribution in [2.45, 2.75) is 12.0 Å². The molecule has 0 amide bonds. The second-order valence-electron chi connectivity index (χ2n) is 16.5. The number of pyridine rings is 1. The number of aliphatic imine (C=N–C) groups is 1. The molecular weight excluding hydrogens is 791 g/mol. The van der Waals surface area contributed by atoms with Crippen molar-refractivity contribution in [3.63, 3.8) is 0 Å². The van der Waals surface area contributed by atoms with E-state index in [-0.39, 0.29) is 0 Å². The minimum Gasteiger partial charge on any atom is -0.361 e. The number of para-hydroxylation sites is 3. The highest BCUT2D eigenvalue weighted by molar-refractivity contribution is 6.24. The molecule has 14 rings (SSSR count). The zero-order chi connectivity index (χ0) is 41.9. The molecule has 3 N–H and O–H groups in total. The fraction of sp³-hybridized carbons (Fsp3) is 0.0377. The number of H-pyrrole nitrogens is 3. The van der Waals surface area contributed by atoms with E-state index in [9.17, 15) is 0 Å². The number of aromatic nitrogens is 9. The van der Waals surface area contributed by atoms with Gasteiger partial charge in [-0.3, -0.25) is 4.99 Å². The molecule has 11 nitrogen and oxygen atoms in total. The lowest BCUT2D eigenvalue weighted by molar-refractivity contribution is 0.364. The molecule has 11 heteroatoms. The Bertz CT molecular complexity index is 3880. The summed E-state index contributed by atoms with van der Waals surface area (Å²) in [7, 11) is 0. The highest BCUT2D eigenvalue weighted by atomic mass is 15.3. The van der Waals surface area contributed by atoms with E-state index < -0.39 is 5.54 Å². The van der Waals surface area contributed by atoms with Crippen LogP contribution in [0.5, 0.6) is 0 Å². The monoisotopic (exact) mass is 825 g/mol. The summed E-state index contributed by atoms with van der Waals surface area (Å²) in [6.07, 6.45) is 19.0. The number of allylic oxidation sites excluding steroid dienone is 5. The van der Waals surface area contributed by atoms with Gasteiger partial charge in [-0.1, -0.05) is 91.0 Å². The minimum atomic E-state index is -1.18. The maximum Gasteiger partial charge on any atom is 0.181 e. The van der Waals surface area contributed by atoms with Gasteiger partial charge in [-0.05, 0) is 71.0 Å². The Kier molecular flexibility index (Phi) is 7.12. The average molecular weight is 826 g/mol. The van der Waals surface area contributed by atoms with Crippen molar-refractivity contribution in [2.75, 3.05) is 0 Å².